The average molecular weight is 494 g/mol. The Labute approximate surface area is 209 Å². The first-order chi connectivity index (χ1) is 16.9. The second-order valence-electron chi connectivity index (χ2n) is 9.25. The summed E-state index contributed by atoms with van der Waals surface area (Å²) in [5.41, 5.74) is 3.66. The number of rotatable bonds is 7. The summed E-state index contributed by atoms with van der Waals surface area (Å²) >= 11 is 1.42. The van der Waals surface area contributed by atoms with Gasteiger partial charge < -0.3 is 9.84 Å². The highest BCUT2D eigenvalue weighted by Crippen LogP contribution is 2.38. The fraction of sp³-hybridized carbons (Fsp3) is 0.407. The first kappa shape index (κ1) is 24.9. The summed E-state index contributed by atoms with van der Waals surface area (Å²) in [6.07, 6.45) is 4.34. The van der Waals surface area contributed by atoms with Gasteiger partial charge in [0, 0.05) is 35.3 Å². The van der Waals surface area contributed by atoms with Crippen molar-refractivity contribution in [2.24, 2.45) is 17.8 Å². The molecule has 2 atom stereocenters. The predicted molar refractivity (Wildman–Crippen MR) is 138 cm³/mol. The zero-order valence-corrected chi connectivity index (χ0v) is 21.1. The van der Waals surface area contributed by atoms with Crippen molar-refractivity contribution in [3.8, 4) is 28.3 Å². The third-order valence-electron chi connectivity index (χ3n) is 6.70. The normalized spacial score (nSPS) is 18.9. The van der Waals surface area contributed by atoms with Gasteiger partial charge in [-0.25, -0.2) is 9.97 Å². The SMILES string of the molecule is COc1ccc(-c2ccccc2-c2csc(N3CCCC[C@H](C(C)C)[C@H](CC(=O)O)C3=O)n2)cn1. The van der Waals surface area contributed by atoms with Crippen LogP contribution in [-0.4, -0.2) is 40.6 Å². The van der Waals surface area contributed by atoms with E-state index in [0.717, 1.165) is 41.6 Å². The lowest BCUT2D eigenvalue weighted by molar-refractivity contribution is -0.142. The number of thiazole rings is 1. The van der Waals surface area contributed by atoms with Crippen molar-refractivity contribution in [3.05, 3.63) is 48.0 Å². The van der Waals surface area contributed by atoms with Gasteiger partial charge in [0.1, 0.15) is 0 Å². The van der Waals surface area contributed by atoms with E-state index in [-0.39, 0.29) is 24.2 Å². The zero-order valence-electron chi connectivity index (χ0n) is 20.3. The monoisotopic (exact) mass is 493 g/mol. The second kappa shape index (κ2) is 11.0. The molecule has 1 aliphatic heterocycles. The Morgan fingerprint density at radius 2 is 1.97 bits per heavy atom. The molecule has 1 aliphatic rings. The fourth-order valence-electron chi connectivity index (χ4n) is 4.89. The Morgan fingerprint density at radius 1 is 1.20 bits per heavy atom. The highest BCUT2D eigenvalue weighted by atomic mass is 32.1. The number of methoxy groups -OCH3 is 1. The minimum Gasteiger partial charge on any atom is -0.481 e. The number of aliphatic carboxylic acids is 1. The van der Waals surface area contributed by atoms with E-state index in [9.17, 15) is 14.7 Å². The van der Waals surface area contributed by atoms with Gasteiger partial charge in [0.25, 0.3) is 0 Å². The molecule has 3 aromatic rings. The molecule has 1 N–H and O–H groups in total. The van der Waals surface area contributed by atoms with Gasteiger partial charge in [-0.1, -0.05) is 44.5 Å². The van der Waals surface area contributed by atoms with Crippen LogP contribution in [-0.2, 0) is 9.59 Å². The molecule has 2 aromatic heterocycles. The maximum atomic E-state index is 13.7. The van der Waals surface area contributed by atoms with Gasteiger partial charge in [0.15, 0.2) is 5.13 Å². The summed E-state index contributed by atoms with van der Waals surface area (Å²) in [5, 5.41) is 12.1. The van der Waals surface area contributed by atoms with Crippen molar-refractivity contribution >= 4 is 28.3 Å². The van der Waals surface area contributed by atoms with Crippen LogP contribution in [0, 0.1) is 17.8 Å². The zero-order chi connectivity index (χ0) is 24.9. The minimum atomic E-state index is -0.934. The molecule has 0 saturated carbocycles. The number of carbonyl (C=O) groups excluding carboxylic acids is 1. The van der Waals surface area contributed by atoms with E-state index in [1.54, 1.807) is 18.2 Å². The van der Waals surface area contributed by atoms with Gasteiger partial charge in [0.2, 0.25) is 11.8 Å². The molecule has 4 rings (SSSR count). The van der Waals surface area contributed by atoms with Crippen molar-refractivity contribution < 1.29 is 19.4 Å². The molecule has 1 aromatic carbocycles. The smallest absolute Gasteiger partial charge is 0.304 e. The molecule has 7 nitrogen and oxygen atoms in total. The number of amides is 1. The summed E-state index contributed by atoms with van der Waals surface area (Å²) in [6.45, 7) is 4.70. The van der Waals surface area contributed by atoms with Gasteiger partial charge in [-0.15, -0.1) is 11.3 Å². The Kier molecular flexibility index (Phi) is 7.80. The van der Waals surface area contributed by atoms with E-state index in [4.69, 9.17) is 9.72 Å². The maximum absolute atomic E-state index is 13.7. The van der Waals surface area contributed by atoms with Gasteiger partial charge in [-0.2, -0.15) is 0 Å². The van der Waals surface area contributed by atoms with Crippen LogP contribution in [0.1, 0.15) is 39.5 Å². The Balaban J connectivity index is 1.67. The van der Waals surface area contributed by atoms with E-state index in [2.05, 4.69) is 18.8 Å². The fourth-order valence-corrected chi connectivity index (χ4v) is 5.75. The lowest BCUT2D eigenvalue weighted by Gasteiger charge is -2.34. The van der Waals surface area contributed by atoms with Crippen LogP contribution in [0.4, 0.5) is 5.13 Å². The number of carboxylic acids is 1. The number of anilines is 1. The Hall–Kier alpha value is -3.26. The lowest BCUT2D eigenvalue weighted by atomic mass is 9.76. The molecule has 3 heterocycles. The third-order valence-corrected chi connectivity index (χ3v) is 7.57. The molecule has 1 fully saturated rings. The van der Waals surface area contributed by atoms with E-state index in [1.807, 2.05) is 41.8 Å². The predicted octanol–water partition coefficient (Wildman–Crippen LogP) is 5.76. The molecule has 184 valence electrons. The topological polar surface area (TPSA) is 92.6 Å². The molecule has 35 heavy (non-hydrogen) atoms. The summed E-state index contributed by atoms with van der Waals surface area (Å²) in [7, 11) is 1.59. The quantitative estimate of drug-likeness (QED) is 0.450. The highest BCUT2D eigenvalue weighted by molar-refractivity contribution is 7.14. The molecular formula is C27H31N3O4S. The number of hydrogen-bond donors (Lipinski definition) is 1. The number of hydrogen-bond acceptors (Lipinski definition) is 6. The third kappa shape index (κ3) is 5.53. The number of benzene rings is 1. The van der Waals surface area contributed by atoms with Crippen LogP contribution in [0.15, 0.2) is 48.0 Å². The summed E-state index contributed by atoms with van der Waals surface area (Å²) in [4.78, 5) is 36.2. The molecular weight excluding hydrogens is 462 g/mol. The molecule has 0 spiro atoms. The number of carbonyl (C=O) groups is 2. The van der Waals surface area contributed by atoms with Crippen LogP contribution in [0.2, 0.25) is 0 Å². The largest absolute Gasteiger partial charge is 0.481 e. The van der Waals surface area contributed by atoms with E-state index < -0.39 is 11.9 Å². The van der Waals surface area contributed by atoms with Crippen molar-refractivity contribution in [2.45, 2.75) is 39.5 Å². The van der Waals surface area contributed by atoms with Gasteiger partial charge in [-0.3, -0.25) is 14.5 Å². The maximum Gasteiger partial charge on any atom is 0.304 e. The first-order valence-electron chi connectivity index (χ1n) is 12.0. The Morgan fingerprint density at radius 3 is 2.63 bits per heavy atom. The van der Waals surface area contributed by atoms with Crippen molar-refractivity contribution in [1.29, 1.82) is 0 Å². The molecule has 0 bridgehead atoms. The molecule has 0 unspecified atom stereocenters. The van der Waals surface area contributed by atoms with Crippen LogP contribution < -0.4 is 9.64 Å². The molecule has 0 aliphatic carbocycles. The molecule has 1 saturated heterocycles. The van der Waals surface area contributed by atoms with Crippen molar-refractivity contribution in [1.82, 2.24) is 9.97 Å². The standard InChI is InChI=1S/C27H31N3O4S/c1-17(2)19-8-6-7-13-30(26(33)22(19)14-25(31)32)27-29-23(16-35-27)21-10-5-4-9-20(21)18-11-12-24(34-3)28-15-18/h4-5,9-12,15-17,19,22H,6-8,13-14H2,1-3H3,(H,31,32)/t19-,22+/m1/s1. The summed E-state index contributed by atoms with van der Waals surface area (Å²) in [6, 6.07) is 11.8. The first-order valence-corrected chi connectivity index (χ1v) is 12.9. The second-order valence-corrected chi connectivity index (χ2v) is 10.1. The molecule has 1 amide bonds. The number of aromatic nitrogens is 2. The lowest BCUT2D eigenvalue weighted by Crippen LogP contribution is -2.43. The van der Waals surface area contributed by atoms with E-state index >= 15 is 0 Å². The van der Waals surface area contributed by atoms with E-state index in [0.29, 0.717) is 17.6 Å². The van der Waals surface area contributed by atoms with Gasteiger partial charge in [-0.05, 0) is 36.3 Å². The van der Waals surface area contributed by atoms with Gasteiger partial charge >= 0.3 is 5.97 Å². The number of carboxylic acid groups (broad SMARTS) is 1. The van der Waals surface area contributed by atoms with Crippen LogP contribution in [0.25, 0.3) is 22.4 Å². The van der Waals surface area contributed by atoms with Crippen LogP contribution >= 0.6 is 11.3 Å². The summed E-state index contributed by atoms with van der Waals surface area (Å²) < 4.78 is 5.18. The average Bonchev–Trinajstić information content (AvgIpc) is 3.33. The van der Waals surface area contributed by atoms with Gasteiger partial charge in [0.05, 0.1) is 25.1 Å². The van der Waals surface area contributed by atoms with E-state index in [1.165, 1.54) is 11.3 Å². The number of ether oxygens (including phenoxy) is 1. The summed E-state index contributed by atoms with van der Waals surface area (Å²) in [5.74, 6) is -0.772. The number of pyridine rings is 1. The Bertz CT molecular complexity index is 1180. The van der Waals surface area contributed by atoms with Crippen LogP contribution in [0.3, 0.4) is 0 Å². The van der Waals surface area contributed by atoms with Crippen molar-refractivity contribution in [3.63, 3.8) is 0 Å². The molecule has 8 heteroatoms. The molecule has 0 radical (unpaired) electrons. The highest BCUT2D eigenvalue weighted by Gasteiger charge is 2.37. The number of nitrogens with zero attached hydrogens (tertiary/aromatic N) is 3. The minimum absolute atomic E-state index is 0.0455. The van der Waals surface area contributed by atoms with Crippen molar-refractivity contribution in [2.75, 3.05) is 18.6 Å². The van der Waals surface area contributed by atoms with Crippen LogP contribution in [0.5, 0.6) is 5.88 Å².